The van der Waals surface area contributed by atoms with Crippen molar-refractivity contribution in [3.05, 3.63) is 78.6 Å². The van der Waals surface area contributed by atoms with Gasteiger partial charge in [0.25, 0.3) is 0 Å². The number of thiophene rings is 1. The Morgan fingerprint density at radius 3 is 2.68 bits per heavy atom. The van der Waals surface area contributed by atoms with Crippen molar-refractivity contribution in [2.24, 2.45) is 0 Å². The van der Waals surface area contributed by atoms with E-state index in [2.05, 4.69) is 98.1 Å². The van der Waals surface area contributed by atoms with Gasteiger partial charge < -0.3 is 25.4 Å². The molecule has 6 nitrogen and oxygen atoms in total. The zero-order valence-corrected chi connectivity index (χ0v) is 22.9. The van der Waals surface area contributed by atoms with Crippen LogP contribution in [0.15, 0.2) is 73.1 Å². The van der Waals surface area contributed by atoms with E-state index in [9.17, 15) is 0 Å². The molecule has 0 aliphatic carbocycles. The van der Waals surface area contributed by atoms with Crippen LogP contribution in [0, 0.1) is 0 Å². The van der Waals surface area contributed by atoms with Crippen molar-refractivity contribution in [3.63, 3.8) is 0 Å². The van der Waals surface area contributed by atoms with Crippen LogP contribution < -0.4 is 10.6 Å². The second-order valence-corrected chi connectivity index (χ2v) is 11.4. The Bertz CT molecular complexity index is 1480. The Labute approximate surface area is 228 Å². The number of anilines is 2. The van der Waals surface area contributed by atoms with Gasteiger partial charge in [-0.1, -0.05) is 24.3 Å². The molecule has 2 aromatic carbocycles. The predicted octanol–water partition coefficient (Wildman–Crippen LogP) is 6.31. The van der Waals surface area contributed by atoms with Crippen molar-refractivity contribution in [3.8, 4) is 10.4 Å². The van der Waals surface area contributed by atoms with Gasteiger partial charge in [0.2, 0.25) is 0 Å². The number of aromatic nitrogens is 2. The summed E-state index contributed by atoms with van der Waals surface area (Å²) in [5.41, 5.74) is 6.91. The molecule has 3 aromatic heterocycles. The monoisotopic (exact) mass is 524 g/mol. The molecule has 0 unspecified atom stereocenters. The Morgan fingerprint density at radius 1 is 0.947 bits per heavy atom. The fourth-order valence-electron chi connectivity index (χ4n) is 5.14. The van der Waals surface area contributed by atoms with Crippen LogP contribution in [-0.4, -0.2) is 66.1 Å². The molecule has 1 aliphatic heterocycles. The molecule has 3 N–H and O–H groups in total. The first kappa shape index (κ1) is 25.1. The van der Waals surface area contributed by atoms with Gasteiger partial charge in [-0.25, -0.2) is 0 Å². The number of hydrogen-bond acceptors (Lipinski definition) is 6. The summed E-state index contributed by atoms with van der Waals surface area (Å²) in [4.78, 5) is 14.2. The second kappa shape index (κ2) is 11.7. The summed E-state index contributed by atoms with van der Waals surface area (Å²) in [6, 6.07) is 21.7. The molecule has 0 saturated carbocycles. The number of benzene rings is 2. The van der Waals surface area contributed by atoms with Crippen molar-refractivity contribution < 1.29 is 0 Å². The molecule has 0 atom stereocenters. The van der Waals surface area contributed by atoms with Crippen LogP contribution in [0.1, 0.15) is 18.4 Å². The average Bonchev–Trinajstić information content (AvgIpc) is 3.59. The quantitative estimate of drug-likeness (QED) is 0.187. The molecule has 0 amide bonds. The summed E-state index contributed by atoms with van der Waals surface area (Å²) in [7, 11) is 2.22. The first-order chi connectivity index (χ1) is 18.7. The van der Waals surface area contributed by atoms with Gasteiger partial charge in [0.1, 0.15) is 0 Å². The number of pyridine rings is 1. The predicted molar refractivity (Wildman–Crippen MR) is 162 cm³/mol. The summed E-state index contributed by atoms with van der Waals surface area (Å²) < 4.78 is 1.18. The van der Waals surface area contributed by atoms with Gasteiger partial charge in [-0.15, -0.1) is 11.3 Å². The van der Waals surface area contributed by atoms with Gasteiger partial charge in [-0.05, 0) is 80.5 Å². The molecule has 6 rings (SSSR count). The summed E-state index contributed by atoms with van der Waals surface area (Å²) >= 11 is 1.79. The largest absolute Gasteiger partial charge is 0.361 e. The lowest BCUT2D eigenvalue weighted by molar-refractivity contribution is 0.152. The third-order valence-electron chi connectivity index (χ3n) is 7.49. The van der Waals surface area contributed by atoms with Crippen LogP contribution >= 0.6 is 11.3 Å². The molecule has 1 fully saturated rings. The third kappa shape index (κ3) is 5.92. The summed E-state index contributed by atoms with van der Waals surface area (Å²) in [6.45, 7) is 8.06. The van der Waals surface area contributed by atoms with E-state index in [1.54, 1.807) is 11.3 Å². The van der Waals surface area contributed by atoms with E-state index < -0.39 is 0 Å². The number of piperazine rings is 1. The fraction of sp³-hybridized carbons (Fsp3) is 0.323. The maximum Gasteiger partial charge on any atom is 0.0837 e. The van der Waals surface area contributed by atoms with Crippen molar-refractivity contribution in [2.75, 3.05) is 51.6 Å². The molecule has 7 heteroatoms. The first-order valence-corrected chi connectivity index (χ1v) is 14.5. The van der Waals surface area contributed by atoms with Crippen LogP contribution in [0.5, 0.6) is 0 Å². The van der Waals surface area contributed by atoms with Crippen LogP contribution in [0.25, 0.3) is 31.6 Å². The number of nitrogens with zero attached hydrogens (tertiary/aromatic N) is 3. The lowest BCUT2D eigenvalue weighted by atomic mass is 10.1. The minimum Gasteiger partial charge on any atom is -0.361 e. The molecule has 5 aromatic rings. The number of aromatic amines is 1. The van der Waals surface area contributed by atoms with Crippen molar-refractivity contribution in [1.82, 2.24) is 25.1 Å². The van der Waals surface area contributed by atoms with Crippen LogP contribution in [0.3, 0.4) is 0 Å². The number of hydrogen-bond donors (Lipinski definition) is 3. The molecule has 38 heavy (non-hydrogen) atoms. The van der Waals surface area contributed by atoms with Gasteiger partial charge in [-0.2, -0.15) is 0 Å². The van der Waals surface area contributed by atoms with Gasteiger partial charge in [0.05, 0.1) is 15.9 Å². The topological polar surface area (TPSA) is 59.2 Å². The average molecular weight is 525 g/mol. The molecular weight excluding hydrogens is 488 g/mol. The highest BCUT2D eigenvalue weighted by Gasteiger charge is 2.13. The minimum absolute atomic E-state index is 0.919. The maximum absolute atomic E-state index is 4.64. The second-order valence-electron chi connectivity index (χ2n) is 10.3. The lowest BCUT2D eigenvalue weighted by Gasteiger charge is -2.32. The molecule has 4 heterocycles. The number of nitrogens with one attached hydrogen (secondary N) is 3. The SMILES string of the molecule is CN1CCN(CCCCNCc2ccc(-c3cc4nccc(Nc5ccc6[nH]ccc6c5)c4s3)cc2)CC1. The smallest absolute Gasteiger partial charge is 0.0837 e. The number of H-pyrrole nitrogens is 1. The Morgan fingerprint density at radius 2 is 1.82 bits per heavy atom. The zero-order chi connectivity index (χ0) is 25.7. The standard InChI is InChI=1S/C31H36N6S/c1-36-16-18-37(19-17-36)15-3-2-12-32-22-23-4-6-24(7-5-23)30-21-29-31(38-30)28(11-14-34-29)35-26-8-9-27-25(20-26)10-13-33-27/h4-11,13-14,20-21,32-33H,2-3,12,15-19,22H2,1H3,(H,34,35). The van der Waals surface area contributed by atoms with E-state index >= 15 is 0 Å². The van der Waals surface area contributed by atoms with E-state index in [-0.39, 0.29) is 0 Å². The van der Waals surface area contributed by atoms with Gasteiger partial charge in [-0.3, -0.25) is 4.98 Å². The first-order valence-electron chi connectivity index (χ1n) is 13.6. The van der Waals surface area contributed by atoms with Gasteiger partial charge >= 0.3 is 0 Å². The van der Waals surface area contributed by atoms with Gasteiger partial charge in [0.15, 0.2) is 0 Å². The summed E-state index contributed by atoms with van der Waals surface area (Å²) in [6.07, 6.45) is 6.36. The highest BCUT2D eigenvalue weighted by molar-refractivity contribution is 7.22. The lowest BCUT2D eigenvalue weighted by Crippen LogP contribution is -2.44. The molecule has 1 aliphatic rings. The Balaban J connectivity index is 1.03. The van der Waals surface area contributed by atoms with E-state index in [0.717, 1.165) is 35.5 Å². The van der Waals surface area contributed by atoms with Crippen LogP contribution in [0.2, 0.25) is 0 Å². The number of unbranched alkanes of at least 4 members (excludes halogenated alkanes) is 1. The molecular formula is C31H36N6S. The van der Waals surface area contributed by atoms with Gasteiger partial charge in [0, 0.05) is 66.6 Å². The van der Waals surface area contributed by atoms with Crippen LogP contribution in [0.4, 0.5) is 11.4 Å². The van der Waals surface area contributed by atoms with E-state index in [0.29, 0.717) is 0 Å². The van der Waals surface area contributed by atoms with Crippen molar-refractivity contribution >= 4 is 43.8 Å². The summed E-state index contributed by atoms with van der Waals surface area (Å²) in [5, 5.41) is 8.43. The number of fused-ring (bicyclic) bond motifs is 2. The molecule has 1 saturated heterocycles. The third-order valence-corrected chi connectivity index (χ3v) is 8.69. The minimum atomic E-state index is 0.919. The Hall–Kier alpha value is -3.23. The fourth-order valence-corrected chi connectivity index (χ4v) is 6.23. The van der Waals surface area contributed by atoms with Crippen molar-refractivity contribution in [2.45, 2.75) is 19.4 Å². The molecule has 0 bridgehead atoms. The van der Waals surface area contributed by atoms with E-state index in [1.165, 1.54) is 71.7 Å². The molecule has 0 radical (unpaired) electrons. The number of likely N-dealkylation sites (N-methyl/N-ethyl adjacent to an activating group) is 1. The Kier molecular flexibility index (Phi) is 7.69. The van der Waals surface area contributed by atoms with Crippen LogP contribution in [-0.2, 0) is 6.54 Å². The van der Waals surface area contributed by atoms with E-state index in [1.807, 2.05) is 12.4 Å². The normalized spacial score (nSPS) is 15.0. The van der Waals surface area contributed by atoms with Crippen molar-refractivity contribution in [1.29, 1.82) is 0 Å². The number of rotatable bonds is 10. The van der Waals surface area contributed by atoms with E-state index in [4.69, 9.17) is 0 Å². The zero-order valence-electron chi connectivity index (χ0n) is 22.0. The summed E-state index contributed by atoms with van der Waals surface area (Å²) in [5.74, 6) is 0. The maximum atomic E-state index is 4.64. The molecule has 0 spiro atoms. The highest BCUT2D eigenvalue weighted by atomic mass is 32.1. The highest BCUT2D eigenvalue weighted by Crippen LogP contribution is 2.37. The molecule has 196 valence electrons.